The van der Waals surface area contributed by atoms with Crippen molar-refractivity contribution in [1.29, 1.82) is 0 Å². The molecule has 3 rings (SSSR count). The maximum Gasteiger partial charge on any atom is 0.237 e. The molecule has 5 nitrogen and oxygen atoms in total. The van der Waals surface area contributed by atoms with Gasteiger partial charge in [0, 0.05) is 6.54 Å². The molecule has 2 saturated heterocycles. The first-order valence-corrected chi connectivity index (χ1v) is 8.05. The number of likely N-dealkylation sites (tertiary alicyclic amines) is 1. The average Bonchev–Trinajstić information content (AvgIpc) is 3.21. The Labute approximate surface area is 126 Å². The highest BCUT2D eigenvalue weighted by atomic mass is 16.3. The van der Waals surface area contributed by atoms with Crippen LogP contribution in [0.25, 0.3) is 0 Å². The highest BCUT2D eigenvalue weighted by Gasteiger charge is 2.28. The number of carbonyl (C=O) groups excluding carboxylic acids is 1. The van der Waals surface area contributed by atoms with Crippen molar-refractivity contribution in [2.24, 2.45) is 0 Å². The van der Waals surface area contributed by atoms with Crippen molar-refractivity contribution in [1.82, 2.24) is 15.5 Å². The van der Waals surface area contributed by atoms with Gasteiger partial charge in [-0.05, 0) is 64.4 Å². The lowest BCUT2D eigenvalue weighted by molar-refractivity contribution is -0.123. The second-order valence-corrected chi connectivity index (χ2v) is 6.10. The summed E-state index contributed by atoms with van der Waals surface area (Å²) in [7, 11) is 0. The van der Waals surface area contributed by atoms with Crippen LogP contribution in [0, 0.1) is 6.92 Å². The standard InChI is InChI=1S/C16H25N3O2/c1-12-6-7-15(21-12)14(19-9-2-3-10-19)11-18-16(20)13-5-4-8-17-13/h6-7,13-14,17H,2-5,8-11H2,1H3,(H,18,20)/t13-,14?/m0/s1. The third-order valence-electron chi connectivity index (χ3n) is 4.52. The van der Waals surface area contributed by atoms with Crippen LogP contribution in [-0.4, -0.2) is 43.0 Å². The SMILES string of the molecule is Cc1ccc(C(CNC(=O)[C@@H]2CCCN2)N2CCCC2)o1. The molecule has 1 unspecified atom stereocenters. The first-order valence-electron chi connectivity index (χ1n) is 8.05. The van der Waals surface area contributed by atoms with Crippen LogP contribution in [0.5, 0.6) is 0 Å². The monoisotopic (exact) mass is 291 g/mol. The first kappa shape index (κ1) is 14.6. The molecule has 0 aliphatic carbocycles. The summed E-state index contributed by atoms with van der Waals surface area (Å²) in [6.45, 7) is 5.71. The minimum absolute atomic E-state index is 0.0115. The minimum Gasteiger partial charge on any atom is -0.465 e. The number of nitrogens with one attached hydrogen (secondary N) is 2. The Morgan fingerprint density at radius 1 is 1.43 bits per heavy atom. The van der Waals surface area contributed by atoms with Gasteiger partial charge < -0.3 is 15.1 Å². The predicted octanol–water partition coefficient (Wildman–Crippen LogP) is 1.59. The summed E-state index contributed by atoms with van der Waals surface area (Å²) in [5.41, 5.74) is 0. The average molecular weight is 291 g/mol. The Morgan fingerprint density at radius 3 is 2.86 bits per heavy atom. The van der Waals surface area contributed by atoms with Crippen molar-refractivity contribution in [3.05, 3.63) is 23.7 Å². The normalized spacial score (nSPS) is 24.3. The molecule has 0 aromatic carbocycles. The highest BCUT2D eigenvalue weighted by Crippen LogP contribution is 2.26. The maximum atomic E-state index is 12.2. The number of hydrogen-bond acceptors (Lipinski definition) is 4. The van der Waals surface area contributed by atoms with Gasteiger partial charge in [0.2, 0.25) is 5.91 Å². The molecule has 2 atom stereocenters. The van der Waals surface area contributed by atoms with E-state index in [1.165, 1.54) is 12.8 Å². The molecule has 0 spiro atoms. The van der Waals surface area contributed by atoms with Crippen molar-refractivity contribution < 1.29 is 9.21 Å². The highest BCUT2D eigenvalue weighted by molar-refractivity contribution is 5.82. The fourth-order valence-corrected chi connectivity index (χ4v) is 3.32. The van der Waals surface area contributed by atoms with E-state index in [0.717, 1.165) is 44.0 Å². The van der Waals surface area contributed by atoms with E-state index in [4.69, 9.17) is 4.42 Å². The molecule has 116 valence electrons. The molecule has 2 N–H and O–H groups in total. The Hall–Kier alpha value is -1.33. The van der Waals surface area contributed by atoms with Gasteiger partial charge in [-0.3, -0.25) is 9.69 Å². The lowest BCUT2D eigenvalue weighted by Crippen LogP contribution is -2.44. The Morgan fingerprint density at radius 2 is 2.24 bits per heavy atom. The molecule has 3 heterocycles. The fourth-order valence-electron chi connectivity index (χ4n) is 3.32. The Kier molecular flexibility index (Phi) is 4.60. The van der Waals surface area contributed by atoms with Crippen LogP contribution in [0.1, 0.15) is 43.2 Å². The van der Waals surface area contributed by atoms with Crippen LogP contribution >= 0.6 is 0 Å². The molecule has 2 fully saturated rings. The van der Waals surface area contributed by atoms with Gasteiger partial charge in [-0.15, -0.1) is 0 Å². The van der Waals surface area contributed by atoms with E-state index in [1.54, 1.807) is 0 Å². The van der Waals surface area contributed by atoms with Crippen molar-refractivity contribution in [2.75, 3.05) is 26.2 Å². The van der Waals surface area contributed by atoms with E-state index in [0.29, 0.717) is 6.54 Å². The van der Waals surface area contributed by atoms with Crippen LogP contribution in [0.4, 0.5) is 0 Å². The zero-order chi connectivity index (χ0) is 14.7. The second kappa shape index (κ2) is 6.62. The summed E-state index contributed by atoms with van der Waals surface area (Å²) in [4.78, 5) is 14.6. The van der Waals surface area contributed by atoms with Crippen LogP contribution in [0.3, 0.4) is 0 Å². The topological polar surface area (TPSA) is 57.5 Å². The van der Waals surface area contributed by atoms with Crippen LogP contribution in [-0.2, 0) is 4.79 Å². The summed E-state index contributed by atoms with van der Waals surface area (Å²) < 4.78 is 5.81. The van der Waals surface area contributed by atoms with Gasteiger partial charge in [-0.1, -0.05) is 0 Å². The summed E-state index contributed by atoms with van der Waals surface area (Å²) >= 11 is 0. The zero-order valence-electron chi connectivity index (χ0n) is 12.7. The lowest BCUT2D eigenvalue weighted by atomic mass is 10.1. The third kappa shape index (κ3) is 3.47. The van der Waals surface area contributed by atoms with Crippen LogP contribution in [0.2, 0.25) is 0 Å². The van der Waals surface area contributed by atoms with Gasteiger partial charge in [0.05, 0.1) is 12.1 Å². The molecule has 1 aromatic heterocycles. The quantitative estimate of drug-likeness (QED) is 0.865. The molecular weight excluding hydrogens is 266 g/mol. The van der Waals surface area contributed by atoms with E-state index in [-0.39, 0.29) is 18.0 Å². The molecule has 2 aliphatic heterocycles. The smallest absolute Gasteiger partial charge is 0.237 e. The second-order valence-electron chi connectivity index (χ2n) is 6.10. The Balaban J connectivity index is 1.63. The predicted molar refractivity (Wildman–Crippen MR) is 81.0 cm³/mol. The number of aryl methyl sites for hydroxylation is 1. The molecular formula is C16H25N3O2. The van der Waals surface area contributed by atoms with Crippen molar-refractivity contribution in [2.45, 2.75) is 44.7 Å². The van der Waals surface area contributed by atoms with Gasteiger partial charge in [-0.2, -0.15) is 0 Å². The van der Waals surface area contributed by atoms with Gasteiger partial charge in [0.25, 0.3) is 0 Å². The zero-order valence-corrected chi connectivity index (χ0v) is 12.7. The molecule has 0 saturated carbocycles. The number of amides is 1. The number of carbonyl (C=O) groups is 1. The van der Waals surface area contributed by atoms with Crippen LogP contribution < -0.4 is 10.6 Å². The van der Waals surface area contributed by atoms with Crippen LogP contribution in [0.15, 0.2) is 16.5 Å². The molecule has 21 heavy (non-hydrogen) atoms. The molecule has 2 aliphatic rings. The lowest BCUT2D eigenvalue weighted by Gasteiger charge is -2.26. The molecule has 1 amide bonds. The maximum absolute atomic E-state index is 12.2. The molecule has 1 aromatic rings. The van der Waals surface area contributed by atoms with Crippen molar-refractivity contribution in [3.8, 4) is 0 Å². The van der Waals surface area contributed by atoms with Crippen molar-refractivity contribution in [3.63, 3.8) is 0 Å². The summed E-state index contributed by atoms with van der Waals surface area (Å²) in [6, 6.07) is 4.19. The van der Waals surface area contributed by atoms with E-state index in [9.17, 15) is 4.79 Å². The molecule has 0 bridgehead atoms. The number of furan rings is 1. The van der Waals surface area contributed by atoms with E-state index >= 15 is 0 Å². The number of nitrogens with zero attached hydrogens (tertiary/aromatic N) is 1. The first-order chi connectivity index (χ1) is 10.2. The van der Waals surface area contributed by atoms with E-state index in [1.807, 2.05) is 19.1 Å². The minimum atomic E-state index is -0.0115. The molecule has 5 heteroatoms. The summed E-state index contributed by atoms with van der Waals surface area (Å²) in [6.07, 6.45) is 4.49. The van der Waals surface area contributed by atoms with Gasteiger partial charge in [-0.25, -0.2) is 0 Å². The summed E-state index contributed by atoms with van der Waals surface area (Å²) in [5.74, 6) is 2.02. The van der Waals surface area contributed by atoms with Gasteiger partial charge in [0.1, 0.15) is 11.5 Å². The Bertz CT molecular complexity index is 474. The van der Waals surface area contributed by atoms with E-state index in [2.05, 4.69) is 15.5 Å². The van der Waals surface area contributed by atoms with Gasteiger partial charge in [0.15, 0.2) is 0 Å². The van der Waals surface area contributed by atoms with E-state index < -0.39 is 0 Å². The third-order valence-corrected chi connectivity index (χ3v) is 4.52. The summed E-state index contributed by atoms with van der Waals surface area (Å²) in [5, 5.41) is 6.35. The van der Waals surface area contributed by atoms with Gasteiger partial charge >= 0.3 is 0 Å². The largest absolute Gasteiger partial charge is 0.465 e. The van der Waals surface area contributed by atoms with Crippen molar-refractivity contribution >= 4 is 5.91 Å². The number of hydrogen-bond donors (Lipinski definition) is 2. The number of rotatable bonds is 5. The molecule has 0 radical (unpaired) electrons. The fraction of sp³-hybridized carbons (Fsp3) is 0.688.